The summed E-state index contributed by atoms with van der Waals surface area (Å²) in [5.41, 5.74) is 0. The van der Waals surface area contributed by atoms with Gasteiger partial charge in [-0.05, 0) is 38.3 Å². The van der Waals surface area contributed by atoms with Crippen molar-refractivity contribution in [1.29, 1.82) is 0 Å². The van der Waals surface area contributed by atoms with Crippen LogP contribution in [0.4, 0.5) is 0 Å². The van der Waals surface area contributed by atoms with E-state index >= 15 is 0 Å². The quantitative estimate of drug-likeness (QED) is 0.767. The zero-order valence-corrected chi connectivity index (χ0v) is 10.3. The van der Waals surface area contributed by atoms with Gasteiger partial charge >= 0.3 is 0 Å². The Morgan fingerprint density at radius 1 is 1.13 bits per heavy atom. The number of nitrogens with one attached hydrogen (secondary N) is 1. The van der Waals surface area contributed by atoms with Crippen molar-refractivity contribution in [2.24, 2.45) is 11.8 Å². The van der Waals surface area contributed by atoms with Crippen molar-refractivity contribution in [3.05, 3.63) is 0 Å². The summed E-state index contributed by atoms with van der Waals surface area (Å²) in [5, 5.41) is 3.50. The first-order valence-corrected chi connectivity index (χ1v) is 6.68. The minimum Gasteiger partial charge on any atom is -0.315 e. The van der Waals surface area contributed by atoms with E-state index in [1.807, 2.05) is 0 Å². The van der Waals surface area contributed by atoms with E-state index in [1.54, 1.807) is 0 Å². The number of hydrogen-bond acceptors (Lipinski definition) is 2. The average molecular weight is 210 g/mol. The summed E-state index contributed by atoms with van der Waals surface area (Å²) >= 11 is 0. The first kappa shape index (κ1) is 11.4. The van der Waals surface area contributed by atoms with E-state index in [1.165, 1.54) is 51.7 Å². The van der Waals surface area contributed by atoms with Crippen LogP contribution in [0.15, 0.2) is 0 Å². The minimum absolute atomic E-state index is 0.784. The molecule has 0 aromatic rings. The van der Waals surface area contributed by atoms with Crippen molar-refractivity contribution in [2.45, 2.75) is 45.1 Å². The van der Waals surface area contributed by atoms with Crippen molar-refractivity contribution in [1.82, 2.24) is 10.2 Å². The molecule has 0 spiro atoms. The predicted molar refractivity (Wildman–Crippen MR) is 65.0 cm³/mol. The van der Waals surface area contributed by atoms with Gasteiger partial charge in [-0.1, -0.05) is 26.2 Å². The topological polar surface area (TPSA) is 15.3 Å². The zero-order chi connectivity index (χ0) is 10.7. The molecule has 1 saturated carbocycles. The Labute approximate surface area is 94.4 Å². The first-order valence-electron chi connectivity index (χ1n) is 6.68. The molecule has 0 radical (unpaired) electrons. The lowest BCUT2D eigenvalue weighted by Crippen LogP contribution is -2.40. The van der Waals surface area contributed by atoms with Gasteiger partial charge < -0.3 is 10.2 Å². The lowest BCUT2D eigenvalue weighted by molar-refractivity contribution is 0.168. The molecule has 1 N–H and O–H groups in total. The van der Waals surface area contributed by atoms with Crippen LogP contribution in [0.2, 0.25) is 0 Å². The van der Waals surface area contributed by atoms with Crippen LogP contribution >= 0.6 is 0 Å². The Morgan fingerprint density at radius 2 is 1.87 bits per heavy atom. The summed E-state index contributed by atoms with van der Waals surface area (Å²) in [4.78, 5) is 2.61. The van der Waals surface area contributed by atoms with Crippen LogP contribution in [-0.4, -0.2) is 37.6 Å². The molecule has 1 aliphatic heterocycles. The zero-order valence-electron chi connectivity index (χ0n) is 10.3. The van der Waals surface area contributed by atoms with Gasteiger partial charge in [0.05, 0.1) is 0 Å². The van der Waals surface area contributed by atoms with E-state index < -0.39 is 0 Å². The molecule has 1 heterocycles. The maximum absolute atomic E-state index is 3.50. The predicted octanol–water partition coefficient (Wildman–Crippen LogP) is 2.11. The second-order valence-electron chi connectivity index (χ2n) is 5.65. The maximum atomic E-state index is 3.50. The highest BCUT2D eigenvalue weighted by atomic mass is 15.2. The second-order valence-corrected chi connectivity index (χ2v) is 5.65. The third-order valence-electron chi connectivity index (χ3n) is 4.31. The second kappa shape index (κ2) is 5.31. The molecule has 0 bridgehead atoms. The van der Waals surface area contributed by atoms with Crippen LogP contribution < -0.4 is 5.32 Å². The van der Waals surface area contributed by atoms with E-state index in [-0.39, 0.29) is 0 Å². The normalized spacial score (nSPS) is 33.8. The van der Waals surface area contributed by atoms with Crippen molar-refractivity contribution in [2.75, 3.05) is 26.7 Å². The fourth-order valence-corrected chi connectivity index (χ4v) is 3.30. The Morgan fingerprint density at radius 3 is 2.47 bits per heavy atom. The average Bonchev–Trinajstić information content (AvgIpc) is 2.66. The molecule has 2 atom stereocenters. The fraction of sp³-hybridized carbons (Fsp3) is 1.00. The Balaban J connectivity index is 1.77. The molecular weight excluding hydrogens is 184 g/mol. The molecule has 2 rings (SSSR count). The van der Waals surface area contributed by atoms with E-state index in [9.17, 15) is 0 Å². The van der Waals surface area contributed by atoms with E-state index in [0.29, 0.717) is 0 Å². The highest BCUT2D eigenvalue weighted by Crippen LogP contribution is 2.25. The van der Waals surface area contributed by atoms with Gasteiger partial charge in [0, 0.05) is 19.1 Å². The Kier molecular flexibility index (Phi) is 4.04. The molecule has 0 aromatic carbocycles. The van der Waals surface area contributed by atoms with E-state index in [2.05, 4.69) is 24.2 Å². The SMILES string of the molecule is CC1CNCC1N(C)CC1CCCCC1. The Bertz CT molecular complexity index is 187. The number of nitrogens with zero attached hydrogens (tertiary/aromatic N) is 1. The van der Waals surface area contributed by atoms with E-state index in [4.69, 9.17) is 0 Å². The van der Waals surface area contributed by atoms with Crippen LogP contribution in [0.1, 0.15) is 39.0 Å². The van der Waals surface area contributed by atoms with Gasteiger partial charge in [0.25, 0.3) is 0 Å². The summed E-state index contributed by atoms with van der Waals surface area (Å²) in [7, 11) is 2.32. The third-order valence-corrected chi connectivity index (χ3v) is 4.31. The molecule has 2 heteroatoms. The number of rotatable bonds is 3. The van der Waals surface area contributed by atoms with Gasteiger partial charge in [-0.3, -0.25) is 0 Å². The standard InChI is InChI=1S/C13H26N2/c1-11-8-14-9-13(11)15(2)10-12-6-4-3-5-7-12/h11-14H,3-10H2,1-2H3. The lowest BCUT2D eigenvalue weighted by atomic mass is 9.88. The molecule has 15 heavy (non-hydrogen) atoms. The van der Waals surface area contributed by atoms with Crippen molar-refractivity contribution < 1.29 is 0 Å². The maximum Gasteiger partial charge on any atom is 0.0255 e. The van der Waals surface area contributed by atoms with Crippen LogP contribution in [0.5, 0.6) is 0 Å². The smallest absolute Gasteiger partial charge is 0.0255 e. The highest BCUT2D eigenvalue weighted by Gasteiger charge is 2.28. The molecular formula is C13H26N2. The van der Waals surface area contributed by atoms with Crippen LogP contribution in [-0.2, 0) is 0 Å². The molecule has 88 valence electrons. The number of likely N-dealkylation sites (N-methyl/N-ethyl adjacent to an activating group) is 1. The van der Waals surface area contributed by atoms with Crippen molar-refractivity contribution >= 4 is 0 Å². The molecule has 1 saturated heterocycles. The van der Waals surface area contributed by atoms with Crippen LogP contribution in [0.25, 0.3) is 0 Å². The molecule has 2 aliphatic rings. The van der Waals surface area contributed by atoms with Gasteiger partial charge in [0.1, 0.15) is 0 Å². The van der Waals surface area contributed by atoms with Gasteiger partial charge in [-0.15, -0.1) is 0 Å². The summed E-state index contributed by atoms with van der Waals surface area (Å²) in [6.45, 7) is 6.11. The summed E-state index contributed by atoms with van der Waals surface area (Å²) in [6, 6.07) is 0.784. The summed E-state index contributed by atoms with van der Waals surface area (Å²) < 4.78 is 0. The highest BCUT2D eigenvalue weighted by molar-refractivity contribution is 4.85. The summed E-state index contributed by atoms with van der Waals surface area (Å²) in [5.74, 6) is 1.81. The largest absolute Gasteiger partial charge is 0.315 e. The molecule has 0 aromatic heterocycles. The lowest BCUT2D eigenvalue weighted by Gasteiger charge is -2.32. The van der Waals surface area contributed by atoms with Crippen molar-refractivity contribution in [3.8, 4) is 0 Å². The van der Waals surface area contributed by atoms with Gasteiger partial charge in [0.2, 0.25) is 0 Å². The molecule has 2 fully saturated rings. The molecule has 0 amide bonds. The van der Waals surface area contributed by atoms with Crippen LogP contribution in [0, 0.1) is 11.8 Å². The minimum atomic E-state index is 0.784. The first-order chi connectivity index (χ1) is 7.27. The molecule has 2 unspecified atom stereocenters. The molecule has 2 nitrogen and oxygen atoms in total. The van der Waals surface area contributed by atoms with Gasteiger partial charge in [-0.25, -0.2) is 0 Å². The van der Waals surface area contributed by atoms with E-state index in [0.717, 1.165) is 17.9 Å². The monoisotopic (exact) mass is 210 g/mol. The summed E-state index contributed by atoms with van der Waals surface area (Å²) in [6.07, 6.45) is 7.35. The van der Waals surface area contributed by atoms with Crippen LogP contribution in [0.3, 0.4) is 0 Å². The Hall–Kier alpha value is -0.0800. The molecule has 1 aliphatic carbocycles. The third kappa shape index (κ3) is 2.94. The number of hydrogen-bond donors (Lipinski definition) is 1. The van der Waals surface area contributed by atoms with Gasteiger partial charge in [0.15, 0.2) is 0 Å². The van der Waals surface area contributed by atoms with Gasteiger partial charge in [-0.2, -0.15) is 0 Å². The fourth-order valence-electron chi connectivity index (χ4n) is 3.30. The van der Waals surface area contributed by atoms with Crippen molar-refractivity contribution in [3.63, 3.8) is 0 Å².